The van der Waals surface area contributed by atoms with E-state index in [1.165, 1.54) is 27.0 Å². The first kappa shape index (κ1) is 21.1. The Morgan fingerprint density at radius 2 is 1.17 bits per heavy atom. The van der Waals surface area contributed by atoms with Crippen LogP contribution in [0.1, 0.15) is 52.7 Å². The van der Waals surface area contributed by atoms with Crippen LogP contribution in [0.15, 0.2) is 54.6 Å². The van der Waals surface area contributed by atoms with Crippen molar-refractivity contribution >= 4 is 44.1 Å². The summed E-state index contributed by atoms with van der Waals surface area (Å²) in [5.41, 5.74) is 5.76. The summed E-state index contributed by atoms with van der Waals surface area (Å²) in [6.45, 7) is 13.6. The van der Waals surface area contributed by atoms with E-state index in [1.54, 1.807) is 17.4 Å². The van der Waals surface area contributed by atoms with Crippen LogP contribution in [0.3, 0.4) is 0 Å². The van der Waals surface area contributed by atoms with Gasteiger partial charge in [-0.05, 0) is 62.1 Å². The van der Waals surface area contributed by atoms with Crippen LogP contribution in [0.5, 0.6) is 0 Å². The molecule has 0 unspecified atom stereocenters. The first-order chi connectivity index (χ1) is 13.9. The van der Waals surface area contributed by atoms with Gasteiger partial charge in [-0.2, -0.15) is 0 Å². The van der Waals surface area contributed by atoms with Crippen molar-refractivity contribution in [1.29, 1.82) is 0 Å². The molecule has 0 radical (unpaired) electrons. The van der Waals surface area contributed by atoms with Crippen LogP contribution in [0.25, 0.3) is 31.3 Å². The summed E-state index contributed by atoms with van der Waals surface area (Å²) < 4.78 is 2.37. The number of hydrogen-bond donors (Lipinski definition) is 2. The van der Waals surface area contributed by atoms with Gasteiger partial charge < -0.3 is 10.0 Å². The lowest BCUT2D eigenvalue weighted by Gasteiger charge is -2.26. The second kappa shape index (κ2) is 7.23. The molecule has 30 heavy (non-hydrogen) atoms. The van der Waals surface area contributed by atoms with Gasteiger partial charge in [0, 0.05) is 14.8 Å². The minimum Gasteiger partial charge on any atom is -0.423 e. The molecule has 0 fully saturated rings. The molecule has 4 rings (SSSR count). The van der Waals surface area contributed by atoms with Crippen LogP contribution in [-0.4, -0.2) is 17.2 Å². The molecule has 0 saturated carbocycles. The van der Waals surface area contributed by atoms with E-state index in [1.807, 2.05) is 12.1 Å². The van der Waals surface area contributed by atoms with Crippen LogP contribution < -0.4 is 5.46 Å². The monoisotopic (exact) mass is 416 g/mol. The summed E-state index contributed by atoms with van der Waals surface area (Å²) in [6, 6.07) is 19.3. The average molecular weight is 416 g/mol. The van der Waals surface area contributed by atoms with Crippen molar-refractivity contribution < 1.29 is 10.0 Å². The summed E-state index contributed by atoms with van der Waals surface area (Å²) in [6.07, 6.45) is 0. The fraction of sp³-hybridized carbons (Fsp3) is 0.308. The Morgan fingerprint density at radius 1 is 0.633 bits per heavy atom. The standard InChI is InChI=1S/C26H29BO2S/c1-25(2,3)18-11-17(12-19(14-18)26(4,5)6)16-7-9-23-21(13-16)22-15-20(27(28)29)8-10-24(22)30-23/h7-15,28-29H,1-6H3. The Hall–Kier alpha value is -2.14. The van der Waals surface area contributed by atoms with Crippen LogP contribution >= 0.6 is 11.3 Å². The lowest BCUT2D eigenvalue weighted by molar-refractivity contribution is 0.426. The Labute approximate surface area is 183 Å². The van der Waals surface area contributed by atoms with Gasteiger partial charge in [0.1, 0.15) is 0 Å². The number of benzene rings is 3. The summed E-state index contributed by atoms with van der Waals surface area (Å²) in [5, 5.41) is 21.4. The molecule has 0 atom stereocenters. The van der Waals surface area contributed by atoms with Gasteiger partial charge in [-0.25, -0.2) is 0 Å². The van der Waals surface area contributed by atoms with Crippen molar-refractivity contribution in [1.82, 2.24) is 0 Å². The minimum absolute atomic E-state index is 0.0708. The van der Waals surface area contributed by atoms with Crippen molar-refractivity contribution in [2.75, 3.05) is 0 Å². The third-order valence-electron chi connectivity index (χ3n) is 5.79. The molecule has 2 nitrogen and oxygen atoms in total. The molecule has 3 aromatic carbocycles. The van der Waals surface area contributed by atoms with Gasteiger partial charge in [-0.1, -0.05) is 77.9 Å². The minimum atomic E-state index is -1.45. The SMILES string of the molecule is CC(C)(C)c1cc(-c2ccc3sc4ccc(B(O)O)cc4c3c2)cc(C(C)(C)C)c1. The zero-order valence-corrected chi connectivity index (χ0v) is 19.4. The molecular formula is C26H29BO2S. The predicted octanol–water partition coefficient (Wildman–Crippen LogP) is 6.00. The molecule has 1 aromatic heterocycles. The summed E-state index contributed by atoms with van der Waals surface area (Å²) in [7, 11) is -1.45. The highest BCUT2D eigenvalue weighted by Crippen LogP contribution is 2.38. The summed E-state index contributed by atoms with van der Waals surface area (Å²) in [5.74, 6) is 0. The van der Waals surface area contributed by atoms with Crippen molar-refractivity contribution in [2.24, 2.45) is 0 Å². The smallest absolute Gasteiger partial charge is 0.423 e. The van der Waals surface area contributed by atoms with Gasteiger partial charge in [0.15, 0.2) is 0 Å². The molecule has 0 bridgehead atoms. The maximum Gasteiger partial charge on any atom is 0.488 e. The van der Waals surface area contributed by atoms with Crippen molar-refractivity contribution in [2.45, 2.75) is 52.4 Å². The highest BCUT2D eigenvalue weighted by molar-refractivity contribution is 7.25. The van der Waals surface area contributed by atoms with E-state index >= 15 is 0 Å². The highest BCUT2D eigenvalue weighted by Gasteiger charge is 2.21. The van der Waals surface area contributed by atoms with Crippen molar-refractivity contribution in [3.05, 3.63) is 65.7 Å². The number of fused-ring (bicyclic) bond motifs is 3. The Bertz CT molecular complexity index is 1210. The van der Waals surface area contributed by atoms with Gasteiger partial charge in [0.2, 0.25) is 0 Å². The quantitative estimate of drug-likeness (QED) is 0.394. The largest absolute Gasteiger partial charge is 0.488 e. The van der Waals surface area contributed by atoms with Crippen LogP contribution in [-0.2, 0) is 10.8 Å². The number of rotatable bonds is 2. The van der Waals surface area contributed by atoms with Gasteiger partial charge in [0.05, 0.1) is 0 Å². The maximum absolute atomic E-state index is 9.60. The number of hydrogen-bond acceptors (Lipinski definition) is 3. The fourth-order valence-corrected chi connectivity index (χ4v) is 4.86. The van der Waals surface area contributed by atoms with Gasteiger partial charge >= 0.3 is 7.12 Å². The molecule has 0 aliphatic heterocycles. The average Bonchev–Trinajstić information content (AvgIpc) is 3.03. The third kappa shape index (κ3) is 3.92. The van der Waals surface area contributed by atoms with Gasteiger partial charge in [-0.15, -0.1) is 11.3 Å². The zero-order chi connectivity index (χ0) is 21.8. The molecule has 4 aromatic rings. The molecule has 0 amide bonds. The second-order valence-corrected chi connectivity index (χ2v) is 11.3. The van der Waals surface area contributed by atoms with Gasteiger partial charge in [-0.3, -0.25) is 0 Å². The maximum atomic E-state index is 9.60. The van der Waals surface area contributed by atoms with E-state index < -0.39 is 7.12 Å². The van der Waals surface area contributed by atoms with E-state index in [4.69, 9.17) is 0 Å². The van der Waals surface area contributed by atoms with E-state index in [-0.39, 0.29) is 10.8 Å². The molecule has 1 heterocycles. The highest BCUT2D eigenvalue weighted by atomic mass is 32.1. The van der Waals surface area contributed by atoms with E-state index in [0.717, 1.165) is 15.5 Å². The number of thiophene rings is 1. The summed E-state index contributed by atoms with van der Waals surface area (Å²) >= 11 is 1.74. The lowest BCUT2D eigenvalue weighted by atomic mass is 9.78. The van der Waals surface area contributed by atoms with Crippen LogP contribution in [0, 0.1) is 0 Å². The normalized spacial score (nSPS) is 12.7. The molecule has 0 aliphatic rings. The van der Waals surface area contributed by atoms with E-state index in [0.29, 0.717) is 5.46 Å². The second-order valence-electron chi connectivity index (χ2n) is 10.2. The van der Waals surface area contributed by atoms with Crippen LogP contribution in [0.4, 0.5) is 0 Å². The molecule has 4 heteroatoms. The van der Waals surface area contributed by atoms with Gasteiger partial charge in [0.25, 0.3) is 0 Å². The molecule has 154 valence electrons. The predicted molar refractivity (Wildman–Crippen MR) is 132 cm³/mol. The lowest BCUT2D eigenvalue weighted by Crippen LogP contribution is -2.29. The molecule has 0 aliphatic carbocycles. The first-order valence-electron chi connectivity index (χ1n) is 10.4. The zero-order valence-electron chi connectivity index (χ0n) is 18.6. The Kier molecular flexibility index (Phi) is 5.09. The molecule has 2 N–H and O–H groups in total. The third-order valence-corrected chi connectivity index (χ3v) is 6.94. The van der Waals surface area contributed by atoms with E-state index in [2.05, 4.69) is 77.9 Å². The molecular weight excluding hydrogens is 387 g/mol. The topological polar surface area (TPSA) is 40.5 Å². The van der Waals surface area contributed by atoms with Crippen molar-refractivity contribution in [3.63, 3.8) is 0 Å². The Morgan fingerprint density at radius 3 is 1.70 bits per heavy atom. The fourth-order valence-electron chi connectivity index (χ4n) is 3.80. The first-order valence-corrected chi connectivity index (χ1v) is 11.2. The Balaban J connectivity index is 1.94. The van der Waals surface area contributed by atoms with Crippen LogP contribution in [0.2, 0.25) is 0 Å². The molecule has 0 spiro atoms. The van der Waals surface area contributed by atoms with E-state index in [9.17, 15) is 10.0 Å². The molecule has 0 saturated heterocycles. The van der Waals surface area contributed by atoms with Crippen molar-refractivity contribution in [3.8, 4) is 11.1 Å². The summed E-state index contributed by atoms with van der Waals surface area (Å²) in [4.78, 5) is 0.